The monoisotopic (exact) mass is 352 g/mol. The predicted molar refractivity (Wildman–Crippen MR) is 101 cm³/mol. The Balaban J connectivity index is 1.78. The van der Waals surface area contributed by atoms with Crippen molar-refractivity contribution in [2.45, 2.75) is 26.1 Å². The van der Waals surface area contributed by atoms with Crippen LogP contribution in [0.4, 0.5) is 5.95 Å². The molecule has 0 aliphatic carbocycles. The van der Waals surface area contributed by atoms with E-state index in [1.807, 2.05) is 24.5 Å². The number of aromatic nitrogens is 3. The van der Waals surface area contributed by atoms with Crippen LogP contribution < -0.4 is 4.90 Å². The first-order valence-corrected chi connectivity index (χ1v) is 9.35. The molecule has 0 radical (unpaired) electrons. The molecule has 25 heavy (non-hydrogen) atoms. The van der Waals surface area contributed by atoms with E-state index in [2.05, 4.69) is 45.5 Å². The highest BCUT2D eigenvalue weighted by Gasteiger charge is 2.25. The second-order valence-corrected chi connectivity index (χ2v) is 7.13. The Morgan fingerprint density at radius 2 is 1.96 bits per heavy atom. The maximum Gasteiger partial charge on any atom is 0.226 e. The number of nitrogens with zero attached hydrogens (tertiary/aromatic N) is 4. The molecule has 1 fully saturated rings. The molecule has 1 saturated heterocycles. The van der Waals surface area contributed by atoms with Gasteiger partial charge in [0, 0.05) is 42.8 Å². The molecule has 0 bridgehead atoms. The van der Waals surface area contributed by atoms with Crippen molar-refractivity contribution in [2.24, 2.45) is 0 Å². The molecule has 0 aromatic carbocycles. The summed E-state index contributed by atoms with van der Waals surface area (Å²) in [7, 11) is 0. The number of morpholine rings is 1. The number of pyridine rings is 1. The number of anilines is 1. The maximum absolute atomic E-state index is 5.83. The van der Waals surface area contributed by atoms with Gasteiger partial charge in [-0.25, -0.2) is 9.97 Å². The van der Waals surface area contributed by atoms with E-state index in [1.165, 1.54) is 0 Å². The van der Waals surface area contributed by atoms with Gasteiger partial charge in [0.15, 0.2) is 0 Å². The van der Waals surface area contributed by atoms with Gasteiger partial charge in [0.2, 0.25) is 5.95 Å². The molecule has 5 nitrogen and oxygen atoms in total. The van der Waals surface area contributed by atoms with Crippen LogP contribution in [0.3, 0.4) is 0 Å². The average molecular weight is 352 g/mol. The number of thiophene rings is 1. The number of hydrogen-bond acceptors (Lipinski definition) is 6. The largest absolute Gasteiger partial charge is 0.372 e. The van der Waals surface area contributed by atoms with Crippen LogP contribution in [0, 0.1) is 0 Å². The molecular formula is C19H20N4OS. The van der Waals surface area contributed by atoms with Crippen molar-refractivity contribution in [1.82, 2.24) is 15.0 Å². The minimum absolute atomic E-state index is 0.172. The fraction of sp³-hybridized carbons (Fsp3) is 0.316. The summed E-state index contributed by atoms with van der Waals surface area (Å²) in [6.07, 6.45) is 5.90. The average Bonchev–Trinajstić information content (AvgIpc) is 3.16. The normalized spacial score (nSPS) is 20.6. The van der Waals surface area contributed by atoms with E-state index in [0.29, 0.717) is 0 Å². The predicted octanol–water partition coefficient (Wildman–Crippen LogP) is 3.88. The van der Waals surface area contributed by atoms with Crippen molar-refractivity contribution in [3.05, 3.63) is 47.5 Å². The van der Waals surface area contributed by atoms with Gasteiger partial charge in [0.05, 0.1) is 17.9 Å². The van der Waals surface area contributed by atoms with Crippen molar-refractivity contribution in [1.29, 1.82) is 0 Å². The molecule has 4 heterocycles. The lowest BCUT2D eigenvalue weighted by Gasteiger charge is -2.35. The molecule has 128 valence electrons. The van der Waals surface area contributed by atoms with Crippen molar-refractivity contribution >= 4 is 17.3 Å². The van der Waals surface area contributed by atoms with Crippen LogP contribution >= 0.6 is 11.3 Å². The van der Waals surface area contributed by atoms with Crippen LogP contribution in [0.1, 0.15) is 13.8 Å². The zero-order valence-corrected chi connectivity index (χ0v) is 15.1. The van der Waals surface area contributed by atoms with Crippen LogP contribution in [0.25, 0.3) is 22.4 Å². The summed E-state index contributed by atoms with van der Waals surface area (Å²) in [5.41, 5.74) is 4.09. The van der Waals surface area contributed by atoms with Gasteiger partial charge in [0.1, 0.15) is 0 Å². The molecule has 1 aliphatic rings. The van der Waals surface area contributed by atoms with Crippen molar-refractivity contribution in [3.8, 4) is 22.4 Å². The molecule has 6 heteroatoms. The Bertz CT molecular complexity index is 828. The summed E-state index contributed by atoms with van der Waals surface area (Å²) in [6, 6.07) is 6.08. The molecule has 4 rings (SSSR count). The summed E-state index contributed by atoms with van der Waals surface area (Å²) in [6.45, 7) is 5.78. The molecule has 2 atom stereocenters. The summed E-state index contributed by atoms with van der Waals surface area (Å²) in [5, 5.41) is 4.19. The lowest BCUT2D eigenvalue weighted by Crippen LogP contribution is -2.46. The Labute approximate surface area is 151 Å². The molecular weight excluding hydrogens is 332 g/mol. The minimum Gasteiger partial charge on any atom is -0.372 e. The minimum atomic E-state index is 0.172. The first kappa shape index (κ1) is 16.2. The van der Waals surface area contributed by atoms with Gasteiger partial charge in [-0.1, -0.05) is 0 Å². The SMILES string of the molecule is CC1CN(c2ncc(-c3ccsc3)c(-c3cccnc3)n2)CC(C)O1. The van der Waals surface area contributed by atoms with E-state index in [-0.39, 0.29) is 12.2 Å². The van der Waals surface area contributed by atoms with Gasteiger partial charge < -0.3 is 9.64 Å². The fourth-order valence-electron chi connectivity index (χ4n) is 3.22. The highest BCUT2D eigenvalue weighted by molar-refractivity contribution is 7.08. The van der Waals surface area contributed by atoms with Gasteiger partial charge in [-0.3, -0.25) is 4.98 Å². The van der Waals surface area contributed by atoms with Gasteiger partial charge >= 0.3 is 0 Å². The Morgan fingerprint density at radius 3 is 2.64 bits per heavy atom. The molecule has 1 aliphatic heterocycles. The quantitative estimate of drug-likeness (QED) is 0.716. The third-order valence-electron chi connectivity index (χ3n) is 4.25. The third-order valence-corrected chi connectivity index (χ3v) is 4.93. The van der Waals surface area contributed by atoms with Gasteiger partial charge in [-0.15, -0.1) is 0 Å². The fourth-order valence-corrected chi connectivity index (χ4v) is 3.87. The first-order chi connectivity index (χ1) is 12.2. The second kappa shape index (κ2) is 6.90. The van der Waals surface area contributed by atoms with Gasteiger partial charge in [-0.2, -0.15) is 11.3 Å². The van der Waals surface area contributed by atoms with E-state index in [0.717, 1.165) is 41.4 Å². The van der Waals surface area contributed by atoms with E-state index in [4.69, 9.17) is 9.72 Å². The zero-order chi connectivity index (χ0) is 17.2. The molecule has 0 N–H and O–H groups in total. The molecule has 2 unspecified atom stereocenters. The third kappa shape index (κ3) is 3.41. The van der Waals surface area contributed by atoms with Crippen LogP contribution in [-0.2, 0) is 4.74 Å². The van der Waals surface area contributed by atoms with Crippen molar-refractivity contribution in [2.75, 3.05) is 18.0 Å². The number of ether oxygens (including phenoxy) is 1. The van der Waals surface area contributed by atoms with Crippen molar-refractivity contribution < 1.29 is 4.74 Å². The van der Waals surface area contributed by atoms with Gasteiger partial charge in [0.25, 0.3) is 0 Å². The van der Waals surface area contributed by atoms with Gasteiger partial charge in [-0.05, 0) is 48.4 Å². The molecule has 0 saturated carbocycles. The molecule has 3 aromatic rings. The Kier molecular flexibility index (Phi) is 4.46. The van der Waals surface area contributed by atoms with E-state index in [9.17, 15) is 0 Å². The van der Waals surface area contributed by atoms with E-state index in [1.54, 1.807) is 17.5 Å². The van der Waals surface area contributed by atoms with Crippen LogP contribution in [0.5, 0.6) is 0 Å². The summed E-state index contributed by atoms with van der Waals surface area (Å²) in [4.78, 5) is 16.0. The van der Waals surface area contributed by atoms with Crippen LogP contribution in [0.2, 0.25) is 0 Å². The highest BCUT2D eigenvalue weighted by atomic mass is 32.1. The smallest absolute Gasteiger partial charge is 0.226 e. The van der Waals surface area contributed by atoms with Crippen molar-refractivity contribution in [3.63, 3.8) is 0 Å². The van der Waals surface area contributed by atoms with E-state index >= 15 is 0 Å². The van der Waals surface area contributed by atoms with Crippen LogP contribution in [0.15, 0.2) is 47.5 Å². The van der Waals surface area contributed by atoms with E-state index < -0.39 is 0 Å². The molecule has 0 amide bonds. The lowest BCUT2D eigenvalue weighted by molar-refractivity contribution is -0.00571. The van der Waals surface area contributed by atoms with Crippen LogP contribution in [-0.4, -0.2) is 40.2 Å². The summed E-state index contributed by atoms with van der Waals surface area (Å²) in [5.74, 6) is 0.750. The maximum atomic E-state index is 5.83. The number of rotatable bonds is 3. The zero-order valence-electron chi connectivity index (χ0n) is 14.3. The standard InChI is InChI=1S/C19H20N4OS/c1-13-10-23(11-14(2)24-13)19-21-9-17(16-5-7-25-12-16)18(22-19)15-4-3-6-20-8-15/h3-9,12-14H,10-11H2,1-2H3. The molecule has 3 aromatic heterocycles. The highest BCUT2D eigenvalue weighted by Crippen LogP contribution is 2.32. The Morgan fingerprint density at radius 1 is 1.12 bits per heavy atom. The molecule has 0 spiro atoms. The summed E-state index contributed by atoms with van der Waals surface area (Å²) < 4.78 is 5.83. The Hall–Kier alpha value is -2.31. The number of hydrogen-bond donors (Lipinski definition) is 0. The topological polar surface area (TPSA) is 51.1 Å². The second-order valence-electron chi connectivity index (χ2n) is 6.35. The summed E-state index contributed by atoms with van der Waals surface area (Å²) >= 11 is 1.67. The first-order valence-electron chi connectivity index (χ1n) is 8.41. The lowest BCUT2D eigenvalue weighted by atomic mass is 10.0.